The minimum atomic E-state index is -0.462. The fraction of sp³-hybridized carbons (Fsp3) is 0.417. The first-order chi connectivity index (χ1) is 8.11. The van der Waals surface area contributed by atoms with Crippen molar-refractivity contribution in [1.82, 2.24) is 4.90 Å². The Hall–Kier alpha value is -0.690. The summed E-state index contributed by atoms with van der Waals surface area (Å²) in [6.45, 7) is 1.17. The van der Waals surface area contributed by atoms with Crippen molar-refractivity contribution in [2.45, 2.75) is 12.5 Å². The van der Waals surface area contributed by atoms with Gasteiger partial charge in [-0.25, -0.2) is 4.39 Å². The maximum Gasteiger partial charge on any atom is 0.256 e. The normalized spacial score (nSPS) is 19.7. The fourth-order valence-electron chi connectivity index (χ4n) is 1.94. The molecule has 0 bridgehead atoms. The standard InChI is InChI=1S/C12H13FINO2/c1-17-9-4-5-15(7-9)12(16)10-6-8(14)2-3-11(10)13/h2-3,6,9H,4-5,7H2,1H3/t9-/m0/s1. The Kier molecular flexibility index (Phi) is 3.98. The zero-order chi connectivity index (χ0) is 12.4. The van der Waals surface area contributed by atoms with Crippen molar-refractivity contribution in [3.63, 3.8) is 0 Å². The lowest BCUT2D eigenvalue weighted by Gasteiger charge is -2.16. The second-order valence-electron chi connectivity index (χ2n) is 4.02. The smallest absolute Gasteiger partial charge is 0.256 e. The summed E-state index contributed by atoms with van der Waals surface area (Å²) in [5.74, 6) is -0.711. The van der Waals surface area contributed by atoms with Gasteiger partial charge in [-0.05, 0) is 47.2 Å². The summed E-state index contributed by atoms with van der Waals surface area (Å²) >= 11 is 2.07. The number of amides is 1. The second kappa shape index (κ2) is 5.30. The summed E-state index contributed by atoms with van der Waals surface area (Å²) in [6.07, 6.45) is 0.887. The topological polar surface area (TPSA) is 29.5 Å². The molecular weight excluding hydrogens is 336 g/mol. The van der Waals surface area contributed by atoms with Crippen LogP contribution < -0.4 is 0 Å². The molecule has 1 aliphatic rings. The SMILES string of the molecule is CO[C@H]1CCN(C(=O)c2cc(I)ccc2F)C1. The molecule has 92 valence electrons. The molecule has 1 aromatic rings. The monoisotopic (exact) mass is 349 g/mol. The molecular formula is C12H13FINO2. The molecule has 1 aliphatic heterocycles. The van der Waals surface area contributed by atoms with Gasteiger partial charge in [-0.2, -0.15) is 0 Å². The number of carbonyl (C=O) groups excluding carboxylic acids is 1. The van der Waals surface area contributed by atoms with Gasteiger partial charge in [0.25, 0.3) is 5.91 Å². The number of rotatable bonds is 2. The van der Waals surface area contributed by atoms with Gasteiger partial charge in [0.2, 0.25) is 0 Å². The molecule has 1 heterocycles. The highest BCUT2D eigenvalue weighted by Gasteiger charge is 2.28. The summed E-state index contributed by atoms with van der Waals surface area (Å²) in [7, 11) is 1.63. The van der Waals surface area contributed by atoms with Crippen LogP contribution in [0.1, 0.15) is 16.8 Å². The van der Waals surface area contributed by atoms with E-state index in [1.165, 1.54) is 6.07 Å². The van der Waals surface area contributed by atoms with E-state index in [0.717, 1.165) is 9.99 Å². The average Bonchev–Trinajstić information content (AvgIpc) is 2.80. The molecule has 17 heavy (non-hydrogen) atoms. The lowest BCUT2D eigenvalue weighted by molar-refractivity contribution is 0.0720. The van der Waals surface area contributed by atoms with Crippen LogP contribution in [0.4, 0.5) is 4.39 Å². The number of nitrogens with zero attached hydrogens (tertiary/aromatic N) is 1. The molecule has 3 nitrogen and oxygen atoms in total. The molecule has 0 unspecified atom stereocenters. The van der Waals surface area contributed by atoms with Gasteiger partial charge in [0.05, 0.1) is 11.7 Å². The molecule has 2 rings (SSSR count). The Labute approximate surface area is 113 Å². The highest BCUT2D eigenvalue weighted by Crippen LogP contribution is 2.19. The van der Waals surface area contributed by atoms with Crippen LogP contribution in [0.5, 0.6) is 0 Å². The minimum Gasteiger partial charge on any atom is -0.380 e. The zero-order valence-corrected chi connectivity index (χ0v) is 11.6. The number of methoxy groups -OCH3 is 1. The first kappa shape index (κ1) is 12.8. The lowest BCUT2D eigenvalue weighted by atomic mass is 10.2. The fourth-order valence-corrected chi connectivity index (χ4v) is 2.43. The average molecular weight is 349 g/mol. The maximum absolute atomic E-state index is 13.6. The lowest BCUT2D eigenvalue weighted by Crippen LogP contribution is -2.30. The quantitative estimate of drug-likeness (QED) is 0.767. The van der Waals surface area contributed by atoms with E-state index in [9.17, 15) is 9.18 Å². The molecule has 1 amide bonds. The van der Waals surface area contributed by atoms with Crippen molar-refractivity contribution in [3.8, 4) is 0 Å². The highest BCUT2D eigenvalue weighted by molar-refractivity contribution is 14.1. The summed E-state index contributed by atoms with van der Waals surface area (Å²) in [4.78, 5) is 13.8. The van der Waals surface area contributed by atoms with E-state index in [0.29, 0.717) is 13.1 Å². The van der Waals surface area contributed by atoms with Crippen molar-refractivity contribution in [1.29, 1.82) is 0 Å². The van der Waals surface area contributed by atoms with Crippen LogP contribution in [0.15, 0.2) is 18.2 Å². The number of ether oxygens (including phenoxy) is 1. The summed E-state index contributed by atoms with van der Waals surface area (Å²) < 4.78 is 19.6. The molecule has 5 heteroatoms. The van der Waals surface area contributed by atoms with Crippen molar-refractivity contribution in [2.75, 3.05) is 20.2 Å². The van der Waals surface area contributed by atoms with Gasteiger partial charge in [0.1, 0.15) is 5.82 Å². The molecule has 1 aromatic carbocycles. The Balaban J connectivity index is 2.17. The van der Waals surface area contributed by atoms with Crippen molar-refractivity contribution < 1.29 is 13.9 Å². The predicted octanol–water partition coefficient (Wildman–Crippen LogP) is 2.29. The molecule has 1 atom stereocenters. The van der Waals surface area contributed by atoms with Gasteiger partial charge in [0, 0.05) is 23.8 Å². The number of carbonyl (C=O) groups is 1. The predicted molar refractivity (Wildman–Crippen MR) is 70.4 cm³/mol. The Morgan fingerprint density at radius 1 is 1.59 bits per heavy atom. The Morgan fingerprint density at radius 3 is 3.00 bits per heavy atom. The van der Waals surface area contributed by atoms with Crippen LogP contribution in [0.25, 0.3) is 0 Å². The van der Waals surface area contributed by atoms with Gasteiger partial charge in [-0.1, -0.05) is 0 Å². The first-order valence-corrected chi connectivity index (χ1v) is 6.47. The van der Waals surface area contributed by atoms with E-state index in [2.05, 4.69) is 22.6 Å². The number of benzene rings is 1. The summed E-state index contributed by atoms with van der Waals surface area (Å²) in [5.41, 5.74) is 0.147. The van der Waals surface area contributed by atoms with E-state index in [1.54, 1.807) is 24.1 Å². The van der Waals surface area contributed by atoms with Crippen LogP contribution in [0.2, 0.25) is 0 Å². The van der Waals surface area contributed by atoms with E-state index in [4.69, 9.17) is 4.74 Å². The van der Waals surface area contributed by atoms with E-state index < -0.39 is 5.82 Å². The van der Waals surface area contributed by atoms with E-state index >= 15 is 0 Å². The van der Waals surface area contributed by atoms with Gasteiger partial charge in [-0.3, -0.25) is 4.79 Å². The molecule has 0 aromatic heterocycles. The third kappa shape index (κ3) is 2.77. The zero-order valence-electron chi connectivity index (χ0n) is 9.45. The van der Waals surface area contributed by atoms with Crippen molar-refractivity contribution in [3.05, 3.63) is 33.1 Å². The number of hydrogen-bond donors (Lipinski definition) is 0. The van der Waals surface area contributed by atoms with Gasteiger partial charge in [-0.15, -0.1) is 0 Å². The van der Waals surface area contributed by atoms with E-state index in [1.807, 2.05) is 0 Å². The van der Waals surface area contributed by atoms with E-state index in [-0.39, 0.29) is 17.6 Å². The molecule has 0 spiro atoms. The molecule has 0 radical (unpaired) electrons. The largest absolute Gasteiger partial charge is 0.380 e. The van der Waals surface area contributed by atoms with Gasteiger partial charge in [0.15, 0.2) is 0 Å². The van der Waals surface area contributed by atoms with Crippen molar-refractivity contribution in [2.24, 2.45) is 0 Å². The number of halogens is 2. The highest BCUT2D eigenvalue weighted by atomic mass is 127. The molecule has 0 N–H and O–H groups in total. The second-order valence-corrected chi connectivity index (χ2v) is 5.27. The number of hydrogen-bond acceptors (Lipinski definition) is 2. The third-order valence-electron chi connectivity index (χ3n) is 2.92. The van der Waals surface area contributed by atoms with Gasteiger partial charge < -0.3 is 9.64 Å². The van der Waals surface area contributed by atoms with Crippen LogP contribution in [0.3, 0.4) is 0 Å². The summed E-state index contributed by atoms with van der Waals surface area (Å²) in [6, 6.07) is 4.56. The Bertz CT molecular complexity index is 439. The molecule has 0 aliphatic carbocycles. The van der Waals surface area contributed by atoms with Gasteiger partial charge >= 0.3 is 0 Å². The van der Waals surface area contributed by atoms with Crippen molar-refractivity contribution >= 4 is 28.5 Å². The van der Waals surface area contributed by atoms with Crippen LogP contribution in [-0.2, 0) is 4.74 Å². The van der Waals surface area contributed by atoms with Crippen LogP contribution in [-0.4, -0.2) is 37.1 Å². The molecule has 1 fully saturated rings. The maximum atomic E-state index is 13.6. The molecule has 0 saturated carbocycles. The molecule has 1 saturated heterocycles. The first-order valence-electron chi connectivity index (χ1n) is 5.39. The summed E-state index contributed by atoms with van der Waals surface area (Å²) in [5, 5.41) is 0. The Morgan fingerprint density at radius 2 is 2.35 bits per heavy atom. The third-order valence-corrected chi connectivity index (χ3v) is 3.60. The van der Waals surface area contributed by atoms with Crippen LogP contribution in [0, 0.1) is 9.39 Å². The number of likely N-dealkylation sites (tertiary alicyclic amines) is 1. The van der Waals surface area contributed by atoms with Crippen LogP contribution >= 0.6 is 22.6 Å². The minimum absolute atomic E-state index is 0.0739.